The maximum Gasteiger partial charge on any atom is 0.0897 e. The third-order valence-electron chi connectivity index (χ3n) is 2.99. The van der Waals surface area contributed by atoms with Crippen LogP contribution in [0.5, 0.6) is 0 Å². The molecule has 110 valence electrons. The molecule has 1 heterocycles. The first-order valence-corrected chi connectivity index (χ1v) is 7.71. The van der Waals surface area contributed by atoms with E-state index in [1.54, 1.807) is 18.4 Å². The van der Waals surface area contributed by atoms with E-state index in [1.807, 2.05) is 6.92 Å². The standard InChI is InChI=1S/C14H27N3OS/c1-11(2)6-15-7-14(9-18-5)17(4)8-13-10-19-12(3)16-13/h10-11,14-15H,6-9H2,1-5H3. The van der Waals surface area contributed by atoms with Gasteiger partial charge in [0.2, 0.25) is 0 Å². The van der Waals surface area contributed by atoms with Gasteiger partial charge in [-0.1, -0.05) is 13.8 Å². The average Bonchev–Trinajstić information content (AvgIpc) is 2.73. The molecule has 1 rings (SSSR count). The van der Waals surface area contributed by atoms with E-state index in [0.717, 1.165) is 36.9 Å². The number of aromatic nitrogens is 1. The lowest BCUT2D eigenvalue weighted by molar-refractivity contribution is 0.100. The summed E-state index contributed by atoms with van der Waals surface area (Å²) >= 11 is 1.71. The van der Waals surface area contributed by atoms with Crippen molar-refractivity contribution in [3.8, 4) is 0 Å². The molecule has 1 aromatic rings. The molecule has 0 bridgehead atoms. The number of rotatable bonds is 9. The minimum absolute atomic E-state index is 0.380. The van der Waals surface area contributed by atoms with Gasteiger partial charge in [0.25, 0.3) is 0 Å². The van der Waals surface area contributed by atoms with E-state index in [4.69, 9.17) is 4.74 Å². The summed E-state index contributed by atoms with van der Waals surface area (Å²) in [5, 5.41) is 6.77. The summed E-state index contributed by atoms with van der Waals surface area (Å²) in [6.45, 7) is 10.1. The van der Waals surface area contributed by atoms with Gasteiger partial charge < -0.3 is 10.1 Å². The molecule has 0 saturated carbocycles. The van der Waals surface area contributed by atoms with Crippen molar-refractivity contribution in [1.82, 2.24) is 15.2 Å². The van der Waals surface area contributed by atoms with Crippen molar-refractivity contribution < 1.29 is 4.74 Å². The first-order chi connectivity index (χ1) is 9.02. The first kappa shape index (κ1) is 16.6. The van der Waals surface area contributed by atoms with Crippen LogP contribution in [0.1, 0.15) is 24.5 Å². The lowest BCUT2D eigenvalue weighted by Crippen LogP contribution is -2.43. The SMILES string of the molecule is COCC(CNCC(C)C)N(C)Cc1csc(C)n1. The molecule has 0 aliphatic rings. The average molecular weight is 285 g/mol. The van der Waals surface area contributed by atoms with Gasteiger partial charge in [-0.2, -0.15) is 0 Å². The molecule has 0 aromatic carbocycles. The van der Waals surface area contributed by atoms with E-state index in [-0.39, 0.29) is 0 Å². The topological polar surface area (TPSA) is 37.4 Å². The highest BCUT2D eigenvalue weighted by atomic mass is 32.1. The van der Waals surface area contributed by atoms with E-state index in [0.29, 0.717) is 12.0 Å². The minimum atomic E-state index is 0.380. The van der Waals surface area contributed by atoms with Gasteiger partial charge in [0.15, 0.2) is 0 Å². The van der Waals surface area contributed by atoms with Crippen molar-refractivity contribution in [1.29, 1.82) is 0 Å². The zero-order valence-electron chi connectivity index (χ0n) is 12.8. The molecule has 1 unspecified atom stereocenters. The fourth-order valence-electron chi connectivity index (χ4n) is 1.94. The lowest BCUT2D eigenvalue weighted by Gasteiger charge is -2.27. The molecule has 4 nitrogen and oxygen atoms in total. The fraction of sp³-hybridized carbons (Fsp3) is 0.786. The number of hydrogen-bond donors (Lipinski definition) is 1. The Morgan fingerprint density at radius 2 is 2.16 bits per heavy atom. The predicted octanol–water partition coefficient (Wildman–Crippen LogP) is 2.14. The normalized spacial score (nSPS) is 13.4. The maximum atomic E-state index is 5.33. The van der Waals surface area contributed by atoms with E-state index >= 15 is 0 Å². The maximum absolute atomic E-state index is 5.33. The summed E-state index contributed by atoms with van der Waals surface area (Å²) in [5.41, 5.74) is 1.15. The Kier molecular flexibility index (Phi) is 7.53. The number of nitrogens with one attached hydrogen (secondary N) is 1. The predicted molar refractivity (Wildman–Crippen MR) is 81.7 cm³/mol. The quantitative estimate of drug-likeness (QED) is 0.754. The molecule has 1 atom stereocenters. The van der Waals surface area contributed by atoms with Gasteiger partial charge in [0.1, 0.15) is 0 Å². The molecule has 0 amide bonds. The highest BCUT2D eigenvalue weighted by Crippen LogP contribution is 2.11. The molecule has 1 aromatic heterocycles. The van der Waals surface area contributed by atoms with Gasteiger partial charge in [-0.05, 0) is 26.4 Å². The molecule has 0 radical (unpaired) electrons. The highest BCUT2D eigenvalue weighted by Gasteiger charge is 2.15. The summed E-state index contributed by atoms with van der Waals surface area (Å²) in [4.78, 5) is 6.83. The third-order valence-corrected chi connectivity index (χ3v) is 3.82. The molecule has 0 saturated heterocycles. The first-order valence-electron chi connectivity index (χ1n) is 6.83. The molecule has 1 N–H and O–H groups in total. The fourth-order valence-corrected chi connectivity index (χ4v) is 2.54. The van der Waals surface area contributed by atoms with Crippen LogP contribution >= 0.6 is 11.3 Å². The summed E-state index contributed by atoms with van der Waals surface area (Å²) < 4.78 is 5.33. The number of nitrogens with zero attached hydrogens (tertiary/aromatic N) is 2. The molecule has 0 aliphatic carbocycles. The van der Waals surface area contributed by atoms with Crippen LogP contribution in [0, 0.1) is 12.8 Å². The number of aryl methyl sites for hydroxylation is 1. The summed E-state index contributed by atoms with van der Waals surface area (Å²) in [5.74, 6) is 0.676. The van der Waals surface area contributed by atoms with Crippen LogP contribution in [0.3, 0.4) is 0 Å². The van der Waals surface area contributed by atoms with Crippen molar-refractivity contribution in [2.75, 3.05) is 33.9 Å². The lowest BCUT2D eigenvalue weighted by atomic mass is 10.2. The molecule has 19 heavy (non-hydrogen) atoms. The van der Waals surface area contributed by atoms with Crippen LogP contribution in [0.2, 0.25) is 0 Å². The van der Waals surface area contributed by atoms with E-state index in [9.17, 15) is 0 Å². The Balaban J connectivity index is 2.44. The Morgan fingerprint density at radius 1 is 1.42 bits per heavy atom. The molecular formula is C14H27N3OS. The Hall–Kier alpha value is -0.490. The second-order valence-electron chi connectivity index (χ2n) is 5.43. The number of likely N-dealkylation sites (N-methyl/N-ethyl adjacent to an activating group) is 1. The Labute approximate surface area is 121 Å². The monoisotopic (exact) mass is 285 g/mol. The molecule has 0 aliphatic heterocycles. The van der Waals surface area contributed by atoms with Crippen molar-refractivity contribution >= 4 is 11.3 Å². The molecule has 5 heteroatoms. The van der Waals surface area contributed by atoms with Gasteiger partial charge in [-0.15, -0.1) is 11.3 Å². The zero-order valence-corrected chi connectivity index (χ0v) is 13.6. The highest BCUT2D eigenvalue weighted by molar-refractivity contribution is 7.09. The van der Waals surface area contributed by atoms with Gasteiger partial charge in [-0.25, -0.2) is 4.98 Å². The summed E-state index contributed by atoms with van der Waals surface area (Å²) in [6, 6.07) is 0.380. The second kappa shape index (κ2) is 8.64. The summed E-state index contributed by atoms with van der Waals surface area (Å²) in [6.07, 6.45) is 0. The molecule has 0 fully saturated rings. The van der Waals surface area contributed by atoms with Crippen molar-refractivity contribution in [3.05, 3.63) is 16.1 Å². The largest absolute Gasteiger partial charge is 0.383 e. The molecular weight excluding hydrogens is 258 g/mol. The summed E-state index contributed by atoms with van der Waals surface area (Å²) in [7, 11) is 3.89. The third kappa shape index (κ3) is 6.47. The smallest absolute Gasteiger partial charge is 0.0897 e. The minimum Gasteiger partial charge on any atom is -0.383 e. The van der Waals surface area contributed by atoms with Crippen molar-refractivity contribution in [2.45, 2.75) is 33.4 Å². The van der Waals surface area contributed by atoms with Crippen LogP contribution in [-0.2, 0) is 11.3 Å². The van der Waals surface area contributed by atoms with Gasteiger partial charge in [-0.3, -0.25) is 4.90 Å². The number of hydrogen-bond acceptors (Lipinski definition) is 5. The number of thiazole rings is 1. The van der Waals surface area contributed by atoms with Crippen molar-refractivity contribution in [3.63, 3.8) is 0 Å². The van der Waals surface area contributed by atoms with Crippen LogP contribution in [0.4, 0.5) is 0 Å². The second-order valence-corrected chi connectivity index (χ2v) is 6.50. The van der Waals surface area contributed by atoms with Crippen LogP contribution in [-0.4, -0.2) is 49.8 Å². The number of ether oxygens (including phenoxy) is 1. The van der Waals surface area contributed by atoms with Crippen molar-refractivity contribution in [2.24, 2.45) is 5.92 Å². The van der Waals surface area contributed by atoms with E-state index in [2.05, 4.69) is 41.5 Å². The Morgan fingerprint density at radius 3 is 2.68 bits per heavy atom. The van der Waals surface area contributed by atoms with Crippen LogP contribution in [0.15, 0.2) is 5.38 Å². The van der Waals surface area contributed by atoms with E-state index in [1.165, 1.54) is 0 Å². The Bertz CT molecular complexity index is 354. The zero-order chi connectivity index (χ0) is 14.3. The van der Waals surface area contributed by atoms with Gasteiger partial charge in [0, 0.05) is 31.6 Å². The van der Waals surface area contributed by atoms with Crippen LogP contribution < -0.4 is 5.32 Å². The van der Waals surface area contributed by atoms with Crippen LogP contribution in [0.25, 0.3) is 0 Å². The van der Waals surface area contributed by atoms with Gasteiger partial charge in [0.05, 0.1) is 17.3 Å². The molecule has 0 spiro atoms. The van der Waals surface area contributed by atoms with Gasteiger partial charge >= 0.3 is 0 Å². The number of methoxy groups -OCH3 is 1. The van der Waals surface area contributed by atoms with E-state index < -0.39 is 0 Å².